The van der Waals surface area contributed by atoms with Gasteiger partial charge in [-0.25, -0.2) is 4.98 Å². The van der Waals surface area contributed by atoms with Crippen LogP contribution in [0.4, 0.5) is 5.95 Å². The van der Waals surface area contributed by atoms with Crippen LogP contribution in [-0.4, -0.2) is 41.3 Å². The standard InChI is InChI=1S/C12H20N5O5P/c1-3-12(4-2,23(19,20)21)22-6-5-17-7-14-8-9(17)15-11(13)16-10(8)18/h7H,3-6H2,1-2H3,(H2,19,20,21)(H3,13,15,16,18). The van der Waals surface area contributed by atoms with Gasteiger partial charge in [0.25, 0.3) is 5.56 Å². The second-order valence-corrected chi connectivity index (χ2v) is 7.01. The molecule has 10 nitrogen and oxygen atoms in total. The third kappa shape index (κ3) is 3.30. The number of fused-ring (bicyclic) bond motifs is 1. The van der Waals surface area contributed by atoms with Gasteiger partial charge in [0.2, 0.25) is 5.95 Å². The molecular weight excluding hydrogens is 325 g/mol. The number of imidazole rings is 1. The van der Waals surface area contributed by atoms with E-state index in [4.69, 9.17) is 10.5 Å². The minimum absolute atomic E-state index is 0.0307. The molecule has 128 valence electrons. The van der Waals surface area contributed by atoms with E-state index in [0.717, 1.165) is 0 Å². The molecule has 0 amide bonds. The lowest BCUT2D eigenvalue weighted by Crippen LogP contribution is -2.32. The molecule has 23 heavy (non-hydrogen) atoms. The number of nitrogen functional groups attached to an aromatic ring is 1. The predicted octanol–water partition coefficient (Wildman–Crippen LogP) is 0.412. The van der Waals surface area contributed by atoms with Gasteiger partial charge in [-0.1, -0.05) is 13.8 Å². The molecule has 0 saturated carbocycles. The number of hydrogen-bond donors (Lipinski definition) is 4. The molecule has 0 saturated heterocycles. The van der Waals surface area contributed by atoms with Crippen molar-refractivity contribution in [3.05, 3.63) is 16.7 Å². The van der Waals surface area contributed by atoms with Crippen LogP contribution in [-0.2, 0) is 15.8 Å². The Labute approximate surface area is 131 Å². The summed E-state index contributed by atoms with van der Waals surface area (Å²) < 4.78 is 18.8. The normalized spacial score (nSPS) is 12.9. The topological polar surface area (TPSA) is 156 Å². The molecule has 2 heterocycles. The van der Waals surface area contributed by atoms with Crippen LogP contribution in [0.5, 0.6) is 0 Å². The summed E-state index contributed by atoms with van der Waals surface area (Å²) in [4.78, 5) is 41.0. The summed E-state index contributed by atoms with van der Waals surface area (Å²) in [5.41, 5.74) is 5.50. The van der Waals surface area contributed by atoms with Gasteiger partial charge in [0.05, 0.1) is 12.9 Å². The Morgan fingerprint density at radius 2 is 2.09 bits per heavy atom. The number of nitrogens with zero attached hydrogens (tertiary/aromatic N) is 3. The van der Waals surface area contributed by atoms with Crippen molar-refractivity contribution in [2.45, 2.75) is 38.6 Å². The molecule has 0 atom stereocenters. The average Bonchev–Trinajstić information content (AvgIpc) is 2.86. The first-order chi connectivity index (χ1) is 10.7. The number of anilines is 1. The van der Waals surface area contributed by atoms with Crippen molar-refractivity contribution in [3.8, 4) is 0 Å². The Morgan fingerprint density at radius 3 is 2.65 bits per heavy atom. The van der Waals surface area contributed by atoms with Crippen molar-refractivity contribution in [2.75, 3.05) is 12.3 Å². The van der Waals surface area contributed by atoms with Crippen LogP contribution in [0.3, 0.4) is 0 Å². The van der Waals surface area contributed by atoms with Gasteiger partial charge < -0.3 is 24.8 Å². The Balaban J connectivity index is 2.19. The summed E-state index contributed by atoms with van der Waals surface area (Å²) in [6.07, 6.45) is 1.78. The molecule has 0 aliphatic heterocycles. The molecule has 0 unspecified atom stereocenters. The Bertz CT molecular complexity index is 791. The third-order valence-corrected chi connectivity index (χ3v) is 5.66. The first-order valence-electron chi connectivity index (χ1n) is 7.14. The summed E-state index contributed by atoms with van der Waals surface area (Å²) in [5, 5.41) is -1.51. The number of aromatic amines is 1. The smallest absolute Gasteiger partial charge is 0.357 e. The molecule has 5 N–H and O–H groups in total. The lowest BCUT2D eigenvalue weighted by Gasteiger charge is -2.32. The second-order valence-electron chi connectivity index (χ2n) is 5.11. The minimum Gasteiger partial charge on any atom is -0.369 e. The van der Waals surface area contributed by atoms with E-state index in [1.165, 1.54) is 6.33 Å². The maximum Gasteiger partial charge on any atom is 0.357 e. The largest absolute Gasteiger partial charge is 0.369 e. The van der Waals surface area contributed by atoms with Crippen molar-refractivity contribution >= 4 is 24.7 Å². The zero-order chi connectivity index (χ0) is 17.3. The van der Waals surface area contributed by atoms with Crippen molar-refractivity contribution in [1.29, 1.82) is 0 Å². The highest BCUT2D eigenvalue weighted by atomic mass is 31.2. The minimum atomic E-state index is -4.41. The lowest BCUT2D eigenvalue weighted by atomic mass is 10.2. The van der Waals surface area contributed by atoms with Gasteiger partial charge >= 0.3 is 7.60 Å². The molecule has 0 radical (unpaired) electrons. The number of aromatic nitrogens is 4. The van der Waals surface area contributed by atoms with Gasteiger partial charge in [-0.05, 0) is 12.8 Å². The molecule has 0 spiro atoms. The number of H-pyrrole nitrogens is 1. The summed E-state index contributed by atoms with van der Waals surface area (Å²) in [7, 11) is -4.41. The molecular formula is C12H20N5O5P. The quantitative estimate of drug-likeness (QED) is 0.526. The number of rotatable bonds is 7. The predicted molar refractivity (Wildman–Crippen MR) is 83.9 cm³/mol. The maximum atomic E-state index is 11.7. The summed E-state index contributed by atoms with van der Waals surface area (Å²) in [5.74, 6) is -0.0307. The van der Waals surface area contributed by atoms with Gasteiger partial charge in [0, 0.05) is 6.54 Å². The first-order valence-corrected chi connectivity index (χ1v) is 8.75. The Morgan fingerprint density at radius 1 is 1.43 bits per heavy atom. The fourth-order valence-electron chi connectivity index (χ4n) is 2.42. The average molecular weight is 345 g/mol. The molecule has 0 aliphatic rings. The van der Waals surface area contributed by atoms with E-state index in [9.17, 15) is 19.1 Å². The second kappa shape index (κ2) is 6.40. The van der Waals surface area contributed by atoms with Gasteiger partial charge in [0.1, 0.15) is 0 Å². The van der Waals surface area contributed by atoms with Gasteiger partial charge in [-0.2, -0.15) is 4.98 Å². The van der Waals surface area contributed by atoms with Gasteiger partial charge in [-0.15, -0.1) is 0 Å². The van der Waals surface area contributed by atoms with E-state index in [-0.39, 0.29) is 37.5 Å². The zero-order valence-electron chi connectivity index (χ0n) is 12.9. The Hall–Kier alpha value is -1.74. The molecule has 2 aromatic heterocycles. The van der Waals surface area contributed by atoms with Crippen LogP contribution in [0.15, 0.2) is 11.1 Å². The lowest BCUT2D eigenvalue weighted by molar-refractivity contribution is -0.00992. The Kier molecular flexibility index (Phi) is 4.90. The van der Waals surface area contributed by atoms with Crippen molar-refractivity contribution in [1.82, 2.24) is 19.5 Å². The first kappa shape index (κ1) is 17.6. The van der Waals surface area contributed by atoms with Crippen LogP contribution < -0.4 is 11.3 Å². The van der Waals surface area contributed by atoms with E-state index in [0.29, 0.717) is 5.65 Å². The molecule has 0 aliphatic carbocycles. The third-order valence-electron chi connectivity index (χ3n) is 3.83. The number of ether oxygens (including phenoxy) is 1. The monoisotopic (exact) mass is 345 g/mol. The summed E-state index contributed by atoms with van der Waals surface area (Å²) >= 11 is 0. The highest BCUT2D eigenvalue weighted by molar-refractivity contribution is 7.53. The maximum absolute atomic E-state index is 11.7. The van der Waals surface area contributed by atoms with Gasteiger partial charge in [0.15, 0.2) is 16.5 Å². The van der Waals surface area contributed by atoms with Crippen molar-refractivity contribution in [2.24, 2.45) is 0 Å². The highest BCUT2D eigenvalue weighted by Crippen LogP contribution is 2.55. The highest BCUT2D eigenvalue weighted by Gasteiger charge is 2.44. The van der Waals surface area contributed by atoms with E-state index < -0.39 is 18.5 Å². The fourth-order valence-corrected chi connectivity index (χ4v) is 3.50. The van der Waals surface area contributed by atoms with E-state index >= 15 is 0 Å². The SMILES string of the molecule is CCC(CC)(OCCn1cnc2c(=O)[nH]c(N)nc21)P(=O)(O)O. The molecule has 2 aromatic rings. The van der Waals surface area contributed by atoms with E-state index in [1.807, 2.05) is 0 Å². The van der Waals surface area contributed by atoms with Gasteiger partial charge in [-0.3, -0.25) is 14.3 Å². The van der Waals surface area contributed by atoms with E-state index in [1.54, 1.807) is 18.4 Å². The van der Waals surface area contributed by atoms with E-state index in [2.05, 4.69) is 15.0 Å². The molecule has 0 bridgehead atoms. The van der Waals surface area contributed by atoms with Crippen LogP contribution in [0.1, 0.15) is 26.7 Å². The van der Waals surface area contributed by atoms with Crippen LogP contribution in [0, 0.1) is 0 Å². The number of hydrogen-bond acceptors (Lipinski definition) is 6. The van der Waals surface area contributed by atoms with Crippen molar-refractivity contribution in [3.63, 3.8) is 0 Å². The number of nitrogens with two attached hydrogens (primary N) is 1. The molecule has 0 fully saturated rings. The summed E-state index contributed by atoms with van der Waals surface area (Å²) in [6, 6.07) is 0. The van der Waals surface area contributed by atoms with Crippen molar-refractivity contribution < 1.29 is 19.1 Å². The summed E-state index contributed by atoms with van der Waals surface area (Å²) in [6.45, 7) is 3.59. The number of nitrogens with one attached hydrogen (secondary N) is 1. The fraction of sp³-hybridized carbons (Fsp3) is 0.583. The van der Waals surface area contributed by atoms with Crippen LogP contribution in [0.2, 0.25) is 0 Å². The van der Waals surface area contributed by atoms with Crippen LogP contribution >= 0.6 is 7.60 Å². The molecule has 0 aromatic carbocycles. The zero-order valence-corrected chi connectivity index (χ0v) is 13.8. The molecule has 2 rings (SSSR count). The molecule has 11 heteroatoms. The van der Waals surface area contributed by atoms with Crippen LogP contribution in [0.25, 0.3) is 11.2 Å².